The van der Waals surface area contributed by atoms with Gasteiger partial charge < -0.3 is 10.2 Å². The summed E-state index contributed by atoms with van der Waals surface area (Å²) >= 11 is 1.09. The van der Waals surface area contributed by atoms with Crippen molar-refractivity contribution in [2.45, 2.75) is 6.04 Å². The summed E-state index contributed by atoms with van der Waals surface area (Å²) in [5.74, 6) is 0.257. The van der Waals surface area contributed by atoms with Gasteiger partial charge in [-0.15, -0.1) is 0 Å². The molecule has 0 spiro atoms. The van der Waals surface area contributed by atoms with Crippen LogP contribution in [0, 0.1) is 5.82 Å². The second-order valence-corrected chi connectivity index (χ2v) is 4.20. The molecule has 0 bridgehead atoms. The normalized spacial score (nSPS) is 13.1. The summed E-state index contributed by atoms with van der Waals surface area (Å²) in [5.41, 5.74) is 7.24. The Balaban J connectivity index is 2.06. The van der Waals surface area contributed by atoms with E-state index in [4.69, 9.17) is 10.2 Å². The van der Waals surface area contributed by atoms with Crippen LogP contribution in [0.15, 0.2) is 34.9 Å². The molecule has 1 aromatic carbocycles. The van der Waals surface area contributed by atoms with Crippen LogP contribution in [-0.2, 0) is 0 Å². The van der Waals surface area contributed by atoms with E-state index in [0.717, 1.165) is 11.7 Å². The minimum atomic E-state index is -0.468. The fourth-order valence-electron chi connectivity index (χ4n) is 1.64. The molecule has 0 amide bonds. The lowest BCUT2D eigenvalue weighted by Crippen LogP contribution is -2.10. The van der Waals surface area contributed by atoms with E-state index in [1.165, 1.54) is 12.1 Å². The maximum absolute atomic E-state index is 13.0. The number of nitrogens with two attached hydrogens (primary N) is 1. The zero-order valence-corrected chi connectivity index (χ0v) is 9.45. The predicted molar refractivity (Wildman–Crippen MR) is 62.1 cm³/mol. The summed E-state index contributed by atoms with van der Waals surface area (Å²) in [5, 5.41) is 0.693. The number of hydrogen-bond donors (Lipinski definition) is 1. The van der Waals surface area contributed by atoms with Crippen molar-refractivity contribution < 1.29 is 8.81 Å². The van der Waals surface area contributed by atoms with Crippen LogP contribution in [0.3, 0.4) is 0 Å². The van der Waals surface area contributed by atoms with E-state index in [1.807, 2.05) is 0 Å². The Morgan fingerprint density at radius 3 is 3.00 bits per heavy atom. The van der Waals surface area contributed by atoms with Crippen LogP contribution < -0.4 is 5.73 Å². The van der Waals surface area contributed by atoms with Crippen molar-refractivity contribution in [1.29, 1.82) is 0 Å². The number of rotatable bonds is 2. The van der Waals surface area contributed by atoms with Gasteiger partial charge in [-0.3, -0.25) is 0 Å². The standard InChI is InChI=1S/C11H8FN3OS/c12-7-1-2-9-6(3-7)4-10(16-9)11(13)8-5-14-17-15-8/h1-5,11H,13H2. The first-order valence-electron chi connectivity index (χ1n) is 4.96. The van der Waals surface area contributed by atoms with Crippen LogP contribution in [0.2, 0.25) is 0 Å². The maximum atomic E-state index is 13.0. The summed E-state index contributed by atoms with van der Waals surface area (Å²) in [7, 11) is 0. The molecule has 2 heterocycles. The Hall–Kier alpha value is -1.79. The van der Waals surface area contributed by atoms with Crippen LogP contribution in [0.25, 0.3) is 11.0 Å². The molecule has 17 heavy (non-hydrogen) atoms. The van der Waals surface area contributed by atoms with Crippen LogP contribution >= 0.6 is 11.7 Å². The third-order valence-corrected chi connectivity index (χ3v) is 2.99. The largest absolute Gasteiger partial charge is 0.459 e. The molecule has 0 saturated carbocycles. The summed E-state index contributed by atoms with van der Waals surface area (Å²) in [6.45, 7) is 0. The number of furan rings is 1. The second-order valence-electron chi connectivity index (χ2n) is 3.64. The van der Waals surface area contributed by atoms with Crippen molar-refractivity contribution in [2.75, 3.05) is 0 Å². The van der Waals surface area contributed by atoms with Gasteiger partial charge in [0.15, 0.2) is 0 Å². The van der Waals surface area contributed by atoms with Crippen LogP contribution in [0.1, 0.15) is 17.5 Å². The van der Waals surface area contributed by atoms with Crippen molar-refractivity contribution in [1.82, 2.24) is 8.75 Å². The lowest BCUT2D eigenvalue weighted by atomic mass is 10.1. The number of hydrogen-bond acceptors (Lipinski definition) is 5. The lowest BCUT2D eigenvalue weighted by Gasteiger charge is -2.02. The van der Waals surface area contributed by atoms with Gasteiger partial charge in [-0.2, -0.15) is 8.75 Å². The van der Waals surface area contributed by atoms with Gasteiger partial charge in [-0.25, -0.2) is 4.39 Å². The Morgan fingerprint density at radius 1 is 1.35 bits per heavy atom. The van der Waals surface area contributed by atoms with Crippen molar-refractivity contribution in [3.05, 3.63) is 47.7 Å². The first-order valence-corrected chi connectivity index (χ1v) is 5.69. The molecule has 0 aliphatic rings. The molecule has 0 saturated heterocycles. The van der Waals surface area contributed by atoms with Crippen molar-refractivity contribution in [3.8, 4) is 0 Å². The van der Waals surface area contributed by atoms with Gasteiger partial charge >= 0.3 is 0 Å². The zero-order chi connectivity index (χ0) is 11.8. The van der Waals surface area contributed by atoms with E-state index in [0.29, 0.717) is 22.4 Å². The molecule has 0 radical (unpaired) electrons. The fourth-order valence-corrected chi connectivity index (χ4v) is 2.10. The monoisotopic (exact) mass is 249 g/mol. The van der Waals surface area contributed by atoms with Crippen molar-refractivity contribution >= 4 is 22.7 Å². The highest BCUT2D eigenvalue weighted by Gasteiger charge is 2.16. The maximum Gasteiger partial charge on any atom is 0.134 e. The van der Waals surface area contributed by atoms with Gasteiger partial charge in [0.2, 0.25) is 0 Å². The molecule has 3 aromatic rings. The van der Waals surface area contributed by atoms with Gasteiger partial charge in [-0.1, -0.05) is 0 Å². The number of aromatic nitrogens is 2. The summed E-state index contributed by atoms with van der Waals surface area (Å²) in [6.07, 6.45) is 1.60. The highest BCUT2D eigenvalue weighted by atomic mass is 32.1. The highest BCUT2D eigenvalue weighted by Crippen LogP contribution is 2.26. The fraction of sp³-hybridized carbons (Fsp3) is 0.0909. The average Bonchev–Trinajstić information content (AvgIpc) is 2.96. The third kappa shape index (κ3) is 1.81. The minimum absolute atomic E-state index is 0.297. The molecule has 2 aromatic heterocycles. The zero-order valence-electron chi connectivity index (χ0n) is 8.63. The van der Waals surface area contributed by atoms with E-state index < -0.39 is 6.04 Å². The summed E-state index contributed by atoms with van der Waals surface area (Å²) < 4.78 is 26.5. The van der Waals surface area contributed by atoms with E-state index in [9.17, 15) is 4.39 Å². The summed E-state index contributed by atoms with van der Waals surface area (Å²) in [6, 6.07) is 5.60. The third-order valence-electron chi connectivity index (χ3n) is 2.50. The van der Waals surface area contributed by atoms with E-state index in [-0.39, 0.29) is 5.82 Å². The number of fused-ring (bicyclic) bond motifs is 1. The van der Waals surface area contributed by atoms with E-state index >= 15 is 0 Å². The average molecular weight is 249 g/mol. The molecule has 3 rings (SSSR count). The molecule has 6 heteroatoms. The highest BCUT2D eigenvalue weighted by molar-refractivity contribution is 6.99. The van der Waals surface area contributed by atoms with Crippen molar-refractivity contribution in [3.63, 3.8) is 0 Å². The Morgan fingerprint density at radius 2 is 2.24 bits per heavy atom. The Labute approximate surface area is 100 Å². The molecular formula is C11H8FN3OS. The molecule has 1 unspecified atom stereocenters. The molecular weight excluding hydrogens is 241 g/mol. The molecule has 2 N–H and O–H groups in total. The van der Waals surface area contributed by atoms with Gasteiger partial charge in [0, 0.05) is 5.39 Å². The number of nitrogens with zero attached hydrogens (tertiary/aromatic N) is 2. The topological polar surface area (TPSA) is 64.9 Å². The molecule has 1 atom stereocenters. The number of benzene rings is 1. The molecule has 0 fully saturated rings. The molecule has 4 nitrogen and oxygen atoms in total. The lowest BCUT2D eigenvalue weighted by molar-refractivity contribution is 0.521. The predicted octanol–water partition coefficient (Wildman–Crippen LogP) is 2.47. The molecule has 86 valence electrons. The van der Waals surface area contributed by atoms with Gasteiger partial charge in [-0.05, 0) is 24.3 Å². The first-order chi connectivity index (χ1) is 8.24. The second kappa shape index (κ2) is 3.90. The van der Waals surface area contributed by atoms with E-state index in [2.05, 4.69) is 8.75 Å². The molecule has 0 aliphatic heterocycles. The smallest absolute Gasteiger partial charge is 0.134 e. The van der Waals surface area contributed by atoms with E-state index in [1.54, 1.807) is 18.3 Å². The Bertz CT molecular complexity index is 650. The SMILES string of the molecule is NC(c1cnsn1)c1cc2cc(F)ccc2o1. The van der Waals surface area contributed by atoms with Crippen molar-refractivity contribution in [2.24, 2.45) is 5.73 Å². The molecule has 0 aliphatic carbocycles. The Kier molecular flexibility index (Phi) is 2.38. The van der Waals surface area contributed by atoms with Crippen LogP contribution in [-0.4, -0.2) is 8.75 Å². The minimum Gasteiger partial charge on any atom is -0.459 e. The van der Waals surface area contributed by atoms with Crippen LogP contribution in [0.5, 0.6) is 0 Å². The van der Waals surface area contributed by atoms with Crippen LogP contribution in [0.4, 0.5) is 4.39 Å². The number of halogens is 1. The van der Waals surface area contributed by atoms with Gasteiger partial charge in [0.25, 0.3) is 0 Å². The summed E-state index contributed by atoms with van der Waals surface area (Å²) in [4.78, 5) is 0. The van der Waals surface area contributed by atoms with Gasteiger partial charge in [0.05, 0.1) is 23.6 Å². The first kappa shape index (κ1) is 10.4. The quantitative estimate of drug-likeness (QED) is 0.757. The van der Waals surface area contributed by atoms with Gasteiger partial charge in [0.1, 0.15) is 23.2 Å².